The van der Waals surface area contributed by atoms with Gasteiger partial charge in [-0.1, -0.05) is 34.2 Å². The van der Waals surface area contributed by atoms with Crippen LogP contribution < -0.4 is 0 Å². The van der Waals surface area contributed by atoms with Gasteiger partial charge in [0.25, 0.3) is 0 Å². The van der Waals surface area contributed by atoms with E-state index in [-0.39, 0.29) is 0 Å². The molecule has 0 N–H and O–H groups in total. The molecule has 0 saturated carbocycles. The third-order valence-corrected chi connectivity index (χ3v) is 2.62. The molecule has 0 spiro atoms. The van der Waals surface area contributed by atoms with Gasteiger partial charge in [-0.05, 0) is 24.2 Å². The van der Waals surface area contributed by atoms with Gasteiger partial charge >= 0.3 is 0 Å². The lowest BCUT2D eigenvalue weighted by molar-refractivity contribution is 1.74. The van der Waals surface area contributed by atoms with Crippen LogP contribution in [0.5, 0.6) is 0 Å². The maximum Gasteiger partial charge on any atom is -0.0142 e. The van der Waals surface area contributed by atoms with Crippen LogP contribution in [0, 0.1) is 0 Å². The van der Waals surface area contributed by atoms with Gasteiger partial charge in [0, 0.05) is 0 Å². The van der Waals surface area contributed by atoms with Crippen molar-refractivity contribution in [1.29, 1.82) is 0 Å². The van der Waals surface area contributed by atoms with Gasteiger partial charge in [-0.3, -0.25) is 0 Å². The second kappa shape index (κ2) is 5.32. The van der Waals surface area contributed by atoms with Crippen LogP contribution in [0.1, 0.15) is 13.8 Å². The second-order valence-electron chi connectivity index (χ2n) is 1.35. The summed E-state index contributed by atoms with van der Waals surface area (Å²) < 4.78 is 0. The Kier molecular flexibility index (Phi) is 5.44. The van der Waals surface area contributed by atoms with E-state index in [1.165, 1.54) is 0 Å². The first-order valence-electron chi connectivity index (χ1n) is 2.37. The molecule has 46 valence electrons. The molecule has 0 aliphatic rings. The van der Waals surface area contributed by atoms with E-state index in [2.05, 4.69) is 6.58 Å². The lowest BCUT2D eigenvalue weighted by Crippen LogP contribution is -1.49. The smallest absolute Gasteiger partial charge is 0.0142 e. The zero-order valence-corrected chi connectivity index (χ0v) is 6.81. The Morgan fingerprint density at radius 3 is 2.62 bits per heavy atom. The Balaban J connectivity index is 3.05. The molecule has 0 aromatic heterocycles. The summed E-state index contributed by atoms with van der Waals surface area (Å²) in [7, 11) is 3.39. The van der Waals surface area contributed by atoms with E-state index in [4.69, 9.17) is 0 Å². The molecule has 0 radical (unpaired) electrons. The summed E-state index contributed by atoms with van der Waals surface area (Å²) in [5.41, 5.74) is 0. The molecule has 0 bridgehead atoms. The van der Waals surface area contributed by atoms with Crippen molar-refractivity contribution in [3.8, 4) is 0 Å². The molecule has 0 fully saturated rings. The third kappa shape index (κ3) is 6.18. The molecule has 0 amide bonds. The molecule has 0 atom stereocenters. The molecule has 2 heteroatoms. The SMILES string of the molecule is C=C(C)SS/C=C\C. The number of allylic oxidation sites excluding steroid dienone is 2. The maximum atomic E-state index is 3.74. The topological polar surface area (TPSA) is 0 Å². The van der Waals surface area contributed by atoms with Crippen LogP contribution in [0.3, 0.4) is 0 Å². The molecule has 0 nitrogen and oxygen atoms in total. The summed E-state index contributed by atoms with van der Waals surface area (Å²) >= 11 is 0. The first-order valence-corrected chi connectivity index (χ1v) is 4.58. The van der Waals surface area contributed by atoms with Crippen LogP contribution in [-0.4, -0.2) is 0 Å². The minimum Gasteiger partial charge on any atom is -0.0889 e. The average molecular weight is 146 g/mol. The van der Waals surface area contributed by atoms with E-state index >= 15 is 0 Å². The highest BCUT2D eigenvalue weighted by Gasteiger charge is 1.80. The van der Waals surface area contributed by atoms with Crippen molar-refractivity contribution in [2.45, 2.75) is 13.8 Å². The van der Waals surface area contributed by atoms with Crippen molar-refractivity contribution in [2.75, 3.05) is 0 Å². The van der Waals surface area contributed by atoms with Crippen molar-refractivity contribution in [1.82, 2.24) is 0 Å². The lowest BCUT2D eigenvalue weighted by Gasteiger charge is -1.88. The predicted molar refractivity (Wildman–Crippen MR) is 44.8 cm³/mol. The van der Waals surface area contributed by atoms with Crippen molar-refractivity contribution in [3.63, 3.8) is 0 Å². The fraction of sp³-hybridized carbons (Fsp3) is 0.333. The van der Waals surface area contributed by atoms with Gasteiger partial charge in [0.05, 0.1) is 0 Å². The van der Waals surface area contributed by atoms with Crippen LogP contribution in [0.15, 0.2) is 23.0 Å². The highest BCUT2D eigenvalue weighted by molar-refractivity contribution is 8.79. The van der Waals surface area contributed by atoms with Gasteiger partial charge in [0.15, 0.2) is 0 Å². The molecule has 0 aromatic rings. The van der Waals surface area contributed by atoms with E-state index in [0.29, 0.717) is 0 Å². The highest BCUT2D eigenvalue weighted by Crippen LogP contribution is 2.28. The molecule has 0 aliphatic carbocycles. The average Bonchev–Trinajstić information content (AvgIpc) is 1.66. The van der Waals surface area contributed by atoms with E-state index in [1.807, 2.05) is 25.3 Å². The normalized spacial score (nSPS) is 10.2. The van der Waals surface area contributed by atoms with Gasteiger partial charge in [0.2, 0.25) is 0 Å². The zero-order valence-electron chi connectivity index (χ0n) is 5.18. The molecule has 0 saturated heterocycles. The van der Waals surface area contributed by atoms with Crippen LogP contribution in [0.4, 0.5) is 0 Å². The van der Waals surface area contributed by atoms with E-state index < -0.39 is 0 Å². The summed E-state index contributed by atoms with van der Waals surface area (Å²) in [4.78, 5) is 1.15. The maximum absolute atomic E-state index is 3.74. The van der Waals surface area contributed by atoms with Crippen LogP contribution in [0.2, 0.25) is 0 Å². The molecule has 0 rings (SSSR count). The largest absolute Gasteiger partial charge is 0.0889 e. The molecular weight excluding hydrogens is 136 g/mol. The quantitative estimate of drug-likeness (QED) is 0.559. The highest BCUT2D eigenvalue weighted by atomic mass is 33.1. The van der Waals surface area contributed by atoms with Gasteiger partial charge < -0.3 is 0 Å². The molecule has 0 heterocycles. The Hall–Kier alpha value is 0.180. The van der Waals surface area contributed by atoms with Crippen molar-refractivity contribution >= 4 is 21.6 Å². The summed E-state index contributed by atoms with van der Waals surface area (Å²) in [5, 5.41) is 2.04. The Morgan fingerprint density at radius 2 is 2.25 bits per heavy atom. The molecule has 0 aliphatic heterocycles. The van der Waals surface area contributed by atoms with Crippen LogP contribution >= 0.6 is 21.6 Å². The number of hydrogen-bond acceptors (Lipinski definition) is 2. The Bertz CT molecular complexity index is 94.7. The van der Waals surface area contributed by atoms with Gasteiger partial charge in [-0.2, -0.15) is 0 Å². The van der Waals surface area contributed by atoms with E-state index in [9.17, 15) is 0 Å². The number of rotatable bonds is 3. The van der Waals surface area contributed by atoms with E-state index in [1.54, 1.807) is 21.6 Å². The van der Waals surface area contributed by atoms with Crippen LogP contribution in [-0.2, 0) is 0 Å². The zero-order chi connectivity index (χ0) is 6.41. The number of hydrogen-bond donors (Lipinski definition) is 0. The lowest BCUT2D eigenvalue weighted by atomic mass is 10.8. The fourth-order valence-corrected chi connectivity index (χ4v) is 1.49. The van der Waals surface area contributed by atoms with Crippen LogP contribution in [0.25, 0.3) is 0 Å². The Morgan fingerprint density at radius 1 is 1.62 bits per heavy atom. The monoisotopic (exact) mass is 146 g/mol. The van der Waals surface area contributed by atoms with Crippen molar-refractivity contribution in [3.05, 3.63) is 23.0 Å². The molecule has 8 heavy (non-hydrogen) atoms. The van der Waals surface area contributed by atoms with Crippen molar-refractivity contribution in [2.24, 2.45) is 0 Å². The molecule has 0 unspecified atom stereocenters. The van der Waals surface area contributed by atoms with Gasteiger partial charge in [0.1, 0.15) is 0 Å². The standard InChI is InChI=1S/C6H10S2/c1-4-5-7-8-6(2)3/h4-5H,2H2,1,3H3/b5-4-. The van der Waals surface area contributed by atoms with E-state index in [0.717, 1.165) is 4.91 Å². The fourth-order valence-electron chi connectivity index (χ4n) is 0.165. The summed E-state index contributed by atoms with van der Waals surface area (Å²) in [6, 6.07) is 0. The van der Waals surface area contributed by atoms with Crippen molar-refractivity contribution < 1.29 is 0 Å². The summed E-state index contributed by atoms with van der Waals surface area (Å²) in [6.45, 7) is 7.74. The first kappa shape index (κ1) is 8.18. The van der Waals surface area contributed by atoms with Gasteiger partial charge in [-0.25, -0.2) is 0 Å². The minimum absolute atomic E-state index is 1.15. The summed E-state index contributed by atoms with van der Waals surface area (Å²) in [5.74, 6) is 0. The summed E-state index contributed by atoms with van der Waals surface area (Å²) in [6.07, 6.45) is 2.01. The minimum atomic E-state index is 1.15. The molecule has 0 aromatic carbocycles. The van der Waals surface area contributed by atoms with Gasteiger partial charge in [-0.15, -0.1) is 0 Å². The predicted octanol–water partition coefficient (Wildman–Crippen LogP) is 3.44. The Labute approximate surface area is 58.8 Å². The second-order valence-corrected chi connectivity index (χ2v) is 3.76. The first-order chi connectivity index (χ1) is 3.77. The molecular formula is C6H10S2. The third-order valence-electron chi connectivity index (χ3n) is 0.382.